The van der Waals surface area contributed by atoms with Crippen molar-refractivity contribution in [2.75, 3.05) is 14.2 Å². The molecular weight excluding hydrogens is 312 g/mol. The quantitative estimate of drug-likeness (QED) is 0.696. The Kier molecular flexibility index (Phi) is 3.88. The maximum absolute atomic E-state index is 12.5. The zero-order valence-electron chi connectivity index (χ0n) is 13.9. The molecule has 0 aliphatic rings. The second-order valence-corrected chi connectivity index (χ2v) is 5.43. The van der Waals surface area contributed by atoms with E-state index in [0.717, 1.165) is 10.1 Å². The third-order valence-electron chi connectivity index (χ3n) is 4.05. The van der Waals surface area contributed by atoms with E-state index >= 15 is 0 Å². The number of rotatable bonds is 4. The van der Waals surface area contributed by atoms with Gasteiger partial charge in [-0.25, -0.2) is 9.78 Å². The molecule has 0 atom stereocenters. The van der Waals surface area contributed by atoms with Crippen LogP contribution in [0.15, 0.2) is 34.1 Å². The molecule has 2 heterocycles. The topological polar surface area (TPSA) is 80.3 Å². The van der Waals surface area contributed by atoms with Crippen LogP contribution in [0.25, 0.3) is 11.2 Å². The van der Waals surface area contributed by atoms with E-state index in [1.165, 1.54) is 11.6 Å². The lowest BCUT2D eigenvalue weighted by atomic mass is 10.2. The predicted octanol–water partition coefficient (Wildman–Crippen LogP) is 0.499. The van der Waals surface area contributed by atoms with Crippen LogP contribution in [0.5, 0.6) is 11.5 Å². The average Bonchev–Trinajstić information content (AvgIpc) is 3.01. The Hall–Kier alpha value is -3.03. The van der Waals surface area contributed by atoms with Crippen LogP contribution in [0.3, 0.4) is 0 Å². The molecule has 0 aliphatic heterocycles. The normalized spacial score (nSPS) is 11.0. The van der Waals surface area contributed by atoms with Gasteiger partial charge < -0.3 is 14.0 Å². The van der Waals surface area contributed by atoms with E-state index in [1.54, 1.807) is 44.3 Å². The summed E-state index contributed by atoms with van der Waals surface area (Å²) in [5.41, 5.74) is 0.769. The summed E-state index contributed by atoms with van der Waals surface area (Å²) in [6.45, 7) is 0.365. The Morgan fingerprint density at radius 2 is 1.83 bits per heavy atom. The van der Waals surface area contributed by atoms with Crippen molar-refractivity contribution in [2.45, 2.75) is 6.54 Å². The maximum Gasteiger partial charge on any atom is 0.332 e. The molecule has 0 saturated carbocycles. The van der Waals surface area contributed by atoms with Crippen LogP contribution in [-0.2, 0) is 20.6 Å². The Morgan fingerprint density at radius 1 is 1.08 bits per heavy atom. The van der Waals surface area contributed by atoms with Gasteiger partial charge in [-0.1, -0.05) is 0 Å². The zero-order chi connectivity index (χ0) is 17.4. The Morgan fingerprint density at radius 3 is 2.50 bits per heavy atom. The lowest BCUT2D eigenvalue weighted by Crippen LogP contribution is -2.37. The van der Waals surface area contributed by atoms with Crippen molar-refractivity contribution in [3.63, 3.8) is 0 Å². The van der Waals surface area contributed by atoms with Gasteiger partial charge in [0.2, 0.25) is 0 Å². The van der Waals surface area contributed by atoms with Crippen molar-refractivity contribution < 1.29 is 9.47 Å². The van der Waals surface area contributed by atoms with Crippen LogP contribution >= 0.6 is 0 Å². The first-order valence-corrected chi connectivity index (χ1v) is 7.29. The summed E-state index contributed by atoms with van der Waals surface area (Å²) in [7, 11) is 6.21. The molecule has 0 amide bonds. The van der Waals surface area contributed by atoms with Crippen molar-refractivity contribution in [3.8, 4) is 11.5 Å². The molecule has 2 aromatic heterocycles. The number of hydrogen-bond donors (Lipinski definition) is 0. The van der Waals surface area contributed by atoms with Gasteiger partial charge in [0, 0.05) is 19.7 Å². The second-order valence-electron chi connectivity index (χ2n) is 5.43. The van der Waals surface area contributed by atoms with Crippen molar-refractivity contribution in [1.29, 1.82) is 0 Å². The fraction of sp³-hybridized carbons (Fsp3) is 0.312. The van der Waals surface area contributed by atoms with E-state index < -0.39 is 5.69 Å². The number of benzene rings is 1. The number of methoxy groups -OCH3 is 2. The molecule has 0 spiro atoms. The molecule has 0 fully saturated rings. The number of hydrogen-bond acceptors (Lipinski definition) is 5. The van der Waals surface area contributed by atoms with Crippen LogP contribution in [0.2, 0.25) is 0 Å². The first kappa shape index (κ1) is 15.9. The highest BCUT2D eigenvalue weighted by Crippen LogP contribution is 2.25. The number of fused-ring (bicyclic) bond motifs is 1. The van der Waals surface area contributed by atoms with Crippen molar-refractivity contribution in [2.24, 2.45) is 14.1 Å². The molecule has 24 heavy (non-hydrogen) atoms. The van der Waals surface area contributed by atoms with E-state index in [1.807, 2.05) is 6.07 Å². The molecule has 0 bridgehead atoms. The van der Waals surface area contributed by atoms with Crippen LogP contribution in [0.4, 0.5) is 0 Å². The van der Waals surface area contributed by atoms with Gasteiger partial charge in [-0.05, 0) is 18.2 Å². The molecule has 0 aliphatic carbocycles. The molecule has 8 nitrogen and oxygen atoms in total. The molecule has 3 rings (SSSR count). The van der Waals surface area contributed by atoms with Crippen molar-refractivity contribution in [3.05, 3.63) is 50.9 Å². The molecule has 8 heteroatoms. The number of ether oxygens (including phenoxy) is 2. The van der Waals surface area contributed by atoms with Crippen LogP contribution in [0, 0.1) is 0 Å². The fourth-order valence-electron chi connectivity index (χ4n) is 2.71. The van der Waals surface area contributed by atoms with Gasteiger partial charge in [0.25, 0.3) is 5.56 Å². The fourth-order valence-corrected chi connectivity index (χ4v) is 2.71. The zero-order valence-corrected chi connectivity index (χ0v) is 13.9. The molecule has 126 valence electrons. The Labute approximate surface area is 137 Å². The highest BCUT2D eigenvalue weighted by molar-refractivity contribution is 5.70. The molecular formula is C16H18N4O4. The predicted molar refractivity (Wildman–Crippen MR) is 88.9 cm³/mol. The maximum atomic E-state index is 12.5. The van der Waals surface area contributed by atoms with Gasteiger partial charge in [-0.3, -0.25) is 13.9 Å². The first-order chi connectivity index (χ1) is 11.5. The minimum Gasteiger partial charge on any atom is -0.497 e. The molecule has 0 N–H and O–H groups in total. The van der Waals surface area contributed by atoms with Gasteiger partial charge in [-0.2, -0.15) is 0 Å². The Bertz CT molecular complexity index is 1030. The monoisotopic (exact) mass is 330 g/mol. The third-order valence-corrected chi connectivity index (χ3v) is 4.05. The minimum absolute atomic E-state index is 0.352. The Balaban J connectivity index is 2.19. The van der Waals surface area contributed by atoms with E-state index in [-0.39, 0.29) is 5.56 Å². The molecule has 0 radical (unpaired) electrons. The van der Waals surface area contributed by atoms with Gasteiger partial charge in [-0.15, -0.1) is 0 Å². The summed E-state index contributed by atoms with van der Waals surface area (Å²) in [5, 5.41) is 0. The average molecular weight is 330 g/mol. The summed E-state index contributed by atoms with van der Waals surface area (Å²) in [5.74, 6) is 1.37. The highest BCUT2D eigenvalue weighted by Gasteiger charge is 2.15. The van der Waals surface area contributed by atoms with Crippen LogP contribution in [0.1, 0.15) is 5.56 Å². The third kappa shape index (κ3) is 2.36. The smallest absolute Gasteiger partial charge is 0.332 e. The molecule has 3 aromatic rings. The lowest BCUT2D eigenvalue weighted by Gasteiger charge is -2.12. The first-order valence-electron chi connectivity index (χ1n) is 7.29. The molecule has 1 aromatic carbocycles. The van der Waals surface area contributed by atoms with Gasteiger partial charge in [0.15, 0.2) is 11.2 Å². The van der Waals surface area contributed by atoms with Crippen molar-refractivity contribution >= 4 is 11.2 Å². The number of aryl methyl sites for hydroxylation is 1. The lowest BCUT2D eigenvalue weighted by molar-refractivity contribution is 0.398. The molecule has 0 unspecified atom stereocenters. The summed E-state index contributed by atoms with van der Waals surface area (Å²) in [6, 6.07) is 5.45. The standard InChI is InChI=1S/C16H18N4O4/c1-18-14-13(15(21)19(2)16(18)22)20(9-17-14)8-10-7-11(23-3)5-6-12(10)24-4/h5-7,9H,8H2,1-4H3. The summed E-state index contributed by atoms with van der Waals surface area (Å²) in [6.07, 6.45) is 1.55. The van der Waals surface area contributed by atoms with E-state index in [2.05, 4.69) is 4.98 Å². The van der Waals surface area contributed by atoms with Gasteiger partial charge >= 0.3 is 5.69 Å². The van der Waals surface area contributed by atoms with Gasteiger partial charge in [0.1, 0.15) is 11.5 Å². The van der Waals surface area contributed by atoms with E-state index in [4.69, 9.17) is 9.47 Å². The molecule has 0 saturated heterocycles. The number of imidazole rings is 1. The highest BCUT2D eigenvalue weighted by atomic mass is 16.5. The summed E-state index contributed by atoms with van der Waals surface area (Å²) >= 11 is 0. The number of aromatic nitrogens is 4. The number of nitrogens with zero attached hydrogens (tertiary/aromatic N) is 4. The SMILES string of the molecule is COc1ccc(OC)c(Cn2cnc3c2c(=O)n(C)c(=O)n3C)c1. The van der Waals surface area contributed by atoms with Crippen molar-refractivity contribution in [1.82, 2.24) is 18.7 Å². The summed E-state index contributed by atoms with van der Waals surface area (Å²) < 4.78 is 14.8. The summed E-state index contributed by atoms with van der Waals surface area (Å²) in [4.78, 5) is 28.7. The van der Waals surface area contributed by atoms with E-state index in [9.17, 15) is 9.59 Å². The largest absolute Gasteiger partial charge is 0.497 e. The second kappa shape index (κ2) is 5.88. The van der Waals surface area contributed by atoms with Crippen LogP contribution < -0.4 is 20.7 Å². The van der Waals surface area contributed by atoms with Gasteiger partial charge in [0.05, 0.1) is 27.1 Å². The minimum atomic E-state index is -0.406. The van der Waals surface area contributed by atoms with Crippen LogP contribution in [-0.4, -0.2) is 32.9 Å². The van der Waals surface area contributed by atoms with E-state index in [0.29, 0.717) is 29.2 Å².